The Morgan fingerprint density at radius 2 is 1.97 bits per heavy atom. The molecule has 2 aromatic carbocycles. The average molecular weight is 438 g/mol. The van der Waals surface area contributed by atoms with Gasteiger partial charge in [0.25, 0.3) is 0 Å². The minimum Gasteiger partial charge on any atom is -0.485 e. The molecule has 3 heterocycles. The molecule has 6 nitrogen and oxygen atoms in total. The Balaban J connectivity index is 1.24. The van der Waals surface area contributed by atoms with Gasteiger partial charge in [-0.25, -0.2) is 4.98 Å². The highest BCUT2D eigenvalue weighted by atomic mass is 35.5. The molecule has 2 aliphatic heterocycles. The van der Waals surface area contributed by atoms with E-state index in [1.54, 1.807) is 6.20 Å². The number of hydrogen-bond acceptors (Lipinski definition) is 5. The number of nitrogens with zero attached hydrogens (tertiary/aromatic N) is 2. The summed E-state index contributed by atoms with van der Waals surface area (Å²) in [5, 5.41) is 0.714. The lowest BCUT2D eigenvalue weighted by Crippen LogP contribution is -2.33. The van der Waals surface area contributed by atoms with Crippen molar-refractivity contribution in [2.24, 2.45) is 0 Å². The number of imidazole rings is 1. The molecule has 0 saturated carbocycles. The van der Waals surface area contributed by atoms with Gasteiger partial charge in [-0.2, -0.15) is 0 Å². The number of fused-ring (bicyclic) bond motifs is 1. The number of aromatic nitrogens is 2. The van der Waals surface area contributed by atoms with Crippen molar-refractivity contribution in [2.45, 2.75) is 31.4 Å². The fourth-order valence-corrected chi connectivity index (χ4v) is 4.55. The van der Waals surface area contributed by atoms with Gasteiger partial charge in [-0.15, -0.1) is 0 Å². The van der Waals surface area contributed by atoms with E-state index in [4.69, 9.17) is 21.1 Å². The predicted octanol–water partition coefficient (Wildman–Crippen LogP) is 4.77. The number of H-pyrrole nitrogens is 1. The summed E-state index contributed by atoms with van der Waals surface area (Å²) in [6.07, 6.45) is 4.33. The summed E-state index contributed by atoms with van der Waals surface area (Å²) < 4.78 is 12.5. The van der Waals surface area contributed by atoms with Crippen molar-refractivity contribution in [2.75, 3.05) is 19.7 Å². The van der Waals surface area contributed by atoms with E-state index in [9.17, 15) is 4.79 Å². The van der Waals surface area contributed by atoms with Crippen LogP contribution in [0.25, 0.3) is 0 Å². The lowest BCUT2D eigenvalue weighted by Gasteiger charge is -2.34. The van der Waals surface area contributed by atoms with Gasteiger partial charge in [-0.1, -0.05) is 35.9 Å². The number of ether oxygens (including phenoxy) is 2. The van der Waals surface area contributed by atoms with Gasteiger partial charge < -0.3 is 14.5 Å². The summed E-state index contributed by atoms with van der Waals surface area (Å²) in [6.45, 7) is 3.16. The normalized spacial score (nSPS) is 19.3. The first-order valence-electron chi connectivity index (χ1n) is 10.6. The number of nitrogens with one attached hydrogen (secondary N) is 1. The average Bonchev–Trinajstić information content (AvgIpc) is 3.27. The van der Waals surface area contributed by atoms with Crippen molar-refractivity contribution < 1.29 is 14.3 Å². The Morgan fingerprint density at radius 1 is 1.16 bits per heavy atom. The third-order valence-corrected chi connectivity index (χ3v) is 6.33. The molecule has 0 spiro atoms. The molecular formula is C24H24ClN3O3. The number of hydrogen-bond donors (Lipinski definition) is 1. The van der Waals surface area contributed by atoms with Crippen LogP contribution in [0.1, 0.15) is 52.3 Å². The first kappa shape index (κ1) is 20.1. The minimum absolute atomic E-state index is 0.133. The van der Waals surface area contributed by atoms with Gasteiger partial charge in [0.05, 0.1) is 18.4 Å². The zero-order chi connectivity index (χ0) is 21.2. The summed E-state index contributed by atoms with van der Waals surface area (Å²) in [7, 11) is 0. The first-order chi connectivity index (χ1) is 15.2. The highest BCUT2D eigenvalue weighted by Gasteiger charge is 2.29. The van der Waals surface area contributed by atoms with Crippen molar-refractivity contribution in [1.82, 2.24) is 14.9 Å². The minimum atomic E-state index is -0.133. The summed E-state index contributed by atoms with van der Waals surface area (Å²) in [4.78, 5) is 20.5. The number of aldehydes is 1. The number of carbonyl (C=O) groups excluding carboxylic acids is 1. The molecule has 1 N–H and O–H groups in total. The number of aromatic amines is 1. The third-order valence-electron chi connectivity index (χ3n) is 6.08. The number of rotatable bonds is 5. The number of para-hydroxylation sites is 1. The van der Waals surface area contributed by atoms with Crippen LogP contribution in [0.5, 0.6) is 11.5 Å². The molecule has 0 radical (unpaired) electrons. The van der Waals surface area contributed by atoms with Crippen LogP contribution in [0, 0.1) is 0 Å². The third kappa shape index (κ3) is 4.31. The second-order valence-corrected chi connectivity index (χ2v) is 8.53. The standard InChI is InChI=1S/C24H24ClN3O3/c25-18-6-4-17(5-7-18)22-15-30-24-20(2-1-3-21(24)31-22)16-8-10-28(11-9-16)13-23-26-12-19(14-29)27-23/h1-7,12,14,16,22H,8-11,13,15H2,(H,26,27). The maximum absolute atomic E-state index is 10.8. The SMILES string of the molecule is O=Cc1cnc(CN2CCC(c3cccc4c3OCC(c3ccc(Cl)cc3)O4)CC2)[nH]1. The van der Waals surface area contributed by atoms with Crippen molar-refractivity contribution in [3.63, 3.8) is 0 Å². The van der Waals surface area contributed by atoms with Crippen molar-refractivity contribution in [3.05, 3.63) is 76.3 Å². The summed E-state index contributed by atoms with van der Waals surface area (Å²) >= 11 is 6.01. The monoisotopic (exact) mass is 437 g/mol. The first-order valence-corrected chi connectivity index (χ1v) is 11.0. The molecule has 0 bridgehead atoms. The number of benzene rings is 2. The molecule has 1 aromatic heterocycles. The molecule has 0 aliphatic carbocycles. The van der Waals surface area contributed by atoms with Crippen molar-refractivity contribution in [3.8, 4) is 11.5 Å². The maximum atomic E-state index is 10.8. The highest BCUT2D eigenvalue weighted by molar-refractivity contribution is 6.30. The van der Waals surface area contributed by atoms with E-state index in [2.05, 4.69) is 27.0 Å². The van der Waals surface area contributed by atoms with Gasteiger partial charge in [0.15, 0.2) is 23.9 Å². The quantitative estimate of drug-likeness (QED) is 0.582. The molecule has 5 rings (SSSR count). The van der Waals surface area contributed by atoms with Crippen LogP contribution in [0.3, 0.4) is 0 Å². The molecular weight excluding hydrogens is 414 g/mol. The molecule has 3 aromatic rings. The molecule has 0 amide bonds. The van der Waals surface area contributed by atoms with E-state index in [1.165, 1.54) is 5.56 Å². The number of piperidine rings is 1. The zero-order valence-electron chi connectivity index (χ0n) is 17.1. The van der Waals surface area contributed by atoms with Crippen LogP contribution < -0.4 is 9.47 Å². The fourth-order valence-electron chi connectivity index (χ4n) is 4.42. The number of halogens is 1. The van der Waals surface area contributed by atoms with Crippen LogP contribution >= 0.6 is 11.6 Å². The Labute approximate surface area is 186 Å². The van der Waals surface area contributed by atoms with Crippen molar-refractivity contribution >= 4 is 17.9 Å². The van der Waals surface area contributed by atoms with Crippen LogP contribution in [0.4, 0.5) is 0 Å². The number of likely N-dealkylation sites (tertiary alicyclic amines) is 1. The topological polar surface area (TPSA) is 67.5 Å². The van der Waals surface area contributed by atoms with E-state index < -0.39 is 0 Å². The predicted molar refractivity (Wildman–Crippen MR) is 118 cm³/mol. The lowest BCUT2D eigenvalue weighted by atomic mass is 9.88. The Bertz CT molecular complexity index is 1060. The Hall–Kier alpha value is -2.83. The maximum Gasteiger partial charge on any atom is 0.167 e. The van der Waals surface area contributed by atoms with E-state index in [1.807, 2.05) is 30.3 Å². The van der Waals surface area contributed by atoms with Gasteiger partial charge in [0.1, 0.15) is 12.4 Å². The van der Waals surface area contributed by atoms with E-state index >= 15 is 0 Å². The molecule has 1 atom stereocenters. The lowest BCUT2D eigenvalue weighted by molar-refractivity contribution is 0.0888. The molecule has 31 heavy (non-hydrogen) atoms. The van der Waals surface area contributed by atoms with E-state index in [0.29, 0.717) is 23.2 Å². The van der Waals surface area contributed by atoms with Gasteiger partial charge in [-0.3, -0.25) is 9.69 Å². The molecule has 7 heteroatoms. The summed E-state index contributed by atoms with van der Waals surface area (Å²) in [6, 6.07) is 13.9. The second kappa shape index (κ2) is 8.73. The zero-order valence-corrected chi connectivity index (χ0v) is 17.8. The van der Waals surface area contributed by atoms with Crippen LogP contribution in [0.15, 0.2) is 48.7 Å². The van der Waals surface area contributed by atoms with Gasteiger partial charge >= 0.3 is 0 Å². The molecule has 1 fully saturated rings. The van der Waals surface area contributed by atoms with Crippen LogP contribution in [0.2, 0.25) is 5.02 Å². The van der Waals surface area contributed by atoms with Gasteiger partial charge in [0, 0.05) is 10.6 Å². The summed E-state index contributed by atoms with van der Waals surface area (Å²) in [5.74, 6) is 2.96. The fraction of sp³-hybridized carbons (Fsp3) is 0.333. The van der Waals surface area contributed by atoms with Crippen LogP contribution in [-0.2, 0) is 6.54 Å². The smallest absolute Gasteiger partial charge is 0.167 e. The van der Waals surface area contributed by atoms with E-state index in [-0.39, 0.29) is 6.10 Å². The number of carbonyl (C=O) groups is 1. The Kier molecular flexibility index (Phi) is 5.66. The highest BCUT2D eigenvalue weighted by Crippen LogP contribution is 2.44. The Morgan fingerprint density at radius 3 is 2.71 bits per heavy atom. The van der Waals surface area contributed by atoms with Crippen LogP contribution in [-0.4, -0.2) is 40.9 Å². The summed E-state index contributed by atoms with van der Waals surface area (Å²) in [5.41, 5.74) is 2.81. The van der Waals surface area contributed by atoms with E-state index in [0.717, 1.165) is 61.6 Å². The van der Waals surface area contributed by atoms with Gasteiger partial charge in [-0.05, 0) is 55.6 Å². The largest absolute Gasteiger partial charge is 0.485 e. The molecule has 1 unspecified atom stereocenters. The second-order valence-electron chi connectivity index (χ2n) is 8.10. The molecule has 1 saturated heterocycles. The van der Waals surface area contributed by atoms with Crippen molar-refractivity contribution in [1.29, 1.82) is 0 Å². The molecule has 2 aliphatic rings. The molecule has 160 valence electrons. The van der Waals surface area contributed by atoms with Gasteiger partial charge in [0.2, 0.25) is 0 Å².